The molecule has 0 bridgehead atoms. The molecule has 2 heterocycles. The van der Waals surface area contributed by atoms with E-state index in [0.29, 0.717) is 45.4 Å². The van der Waals surface area contributed by atoms with Gasteiger partial charge in [0.1, 0.15) is 18.2 Å². The predicted octanol–water partition coefficient (Wildman–Crippen LogP) is 4.05. The Morgan fingerprint density at radius 2 is 2.10 bits per heavy atom. The summed E-state index contributed by atoms with van der Waals surface area (Å²) >= 11 is 6.13. The second-order valence-corrected chi connectivity index (χ2v) is 7.21. The molecule has 0 aliphatic rings. The topological polar surface area (TPSA) is 96.6 Å². The molecule has 0 amide bonds. The van der Waals surface area contributed by atoms with Crippen molar-refractivity contribution >= 4 is 33.4 Å². The molecule has 31 heavy (non-hydrogen) atoms. The maximum Gasteiger partial charge on any atom is 0.274 e. The van der Waals surface area contributed by atoms with Gasteiger partial charge in [-0.15, -0.1) is 0 Å². The molecule has 2 aromatic carbocycles. The van der Waals surface area contributed by atoms with Crippen LogP contribution < -0.4 is 10.3 Å². The van der Waals surface area contributed by atoms with Crippen LogP contribution >= 0.6 is 11.6 Å². The van der Waals surface area contributed by atoms with Crippen molar-refractivity contribution in [2.75, 3.05) is 6.61 Å². The summed E-state index contributed by atoms with van der Waals surface area (Å²) in [7, 11) is 0. The van der Waals surface area contributed by atoms with Crippen molar-refractivity contribution in [3.05, 3.63) is 62.8 Å². The van der Waals surface area contributed by atoms with Crippen molar-refractivity contribution in [2.45, 2.75) is 26.3 Å². The zero-order chi connectivity index (χ0) is 22.1. The number of fused-ring (bicyclic) bond motifs is 2. The first-order valence-corrected chi connectivity index (χ1v) is 9.80. The fraction of sp³-hybridized carbons (Fsp3) is 0.238. The molecule has 10 heteroatoms. The number of imidazole rings is 1. The van der Waals surface area contributed by atoms with E-state index in [1.807, 2.05) is 13.0 Å². The Morgan fingerprint density at radius 1 is 1.29 bits per heavy atom. The van der Waals surface area contributed by atoms with Crippen molar-refractivity contribution in [3.8, 4) is 11.8 Å². The minimum Gasteiger partial charge on any atom is -0.486 e. The highest BCUT2D eigenvalue weighted by Crippen LogP contribution is 2.30. The number of alkyl halides is 2. The van der Waals surface area contributed by atoms with Crippen molar-refractivity contribution in [2.24, 2.45) is 0 Å². The molecule has 0 fully saturated rings. The van der Waals surface area contributed by atoms with E-state index in [0.717, 1.165) is 0 Å². The molecule has 7 nitrogen and oxygen atoms in total. The van der Waals surface area contributed by atoms with E-state index < -0.39 is 13.0 Å². The average Bonchev–Trinajstić information content (AvgIpc) is 3.14. The van der Waals surface area contributed by atoms with Crippen LogP contribution in [0.15, 0.2) is 35.1 Å². The number of nitriles is 1. The molecule has 4 rings (SSSR count). The summed E-state index contributed by atoms with van der Waals surface area (Å²) in [6.07, 6.45) is -2.33. The first-order valence-electron chi connectivity index (χ1n) is 9.42. The quantitative estimate of drug-likeness (QED) is 0.485. The Labute approximate surface area is 179 Å². The van der Waals surface area contributed by atoms with Crippen LogP contribution in [0.1, 0.15) is 24.0 Å². The van der Waals surface area contributed by atoms with Crippen LogP contribution in [0.2, 0.25) is 5.02 Å². The molecular weight excluding hydrogens is 428 g/mol. The van der Waals surface area contributed by atoms with Crippen molar-refractivity contribution in [1.29, 1.82) is 5.26 Å². The molecule has 0 spiro atoms. The monoisotopic (exact) mass is 443 g/mol. The Bertz CT molecular complexity index is 1390. The largest absolute Gasteiger partial charge is 0.486 e. The van der Waals surface area contributed by atoms with Gasteiger partial charge in [0.25, 0.3) is 12.0 Å². The second-order valence-electron chi connectivity index (χ2n) is 6.80. The van der Waals surface area contributed by atoms with Gasteiger partial charge in [-0.25, -0.2) is 18.4 Å². The van der Waals surface area contributed by atoms with Crippen LogP contribution in [0.4, 0.5) is 8.78 Å². The van der Waals surface area contributed by atoms with Crippen molar-refractivity contribution in [1.82, 2.24) is 19.7 Å². The second kappa shape index (κ2) is 8.32. The lowest BCUT2D eigenvalue weighted by atomic mass is 10.1. The summed E-state index contributed by atoms with van der Waals surface area (Å²) in [5, 5.41) is 14.8. The Kier molecular flexibility index (Phi) is 5.57. The van der Waals surface area contributed by atoms with Crippen LogP contribution in [0, 0.1) is 11.3 Å². The lowest BCUT2D eigenvalue weighted by molar-refractivity contribution is 0.0820. The highest BCUT2D eigenvalue weighted by Gasteiger charge is 2.15. The lowest BCUT2D eigenvalue weighted by Gasteiger charge is -2.09. The molecule has 158 valence electrons. The summed E-state index contributed by atoms with van der Waals surface area (Å²) in [4.78, 5) is 20.3. The highest BCUT2D eigenvalue weighted by molar-refractivity contribution is 6.32. The lowest BCUT2D eigenvalue weighted by Crippen LogP contribution is -2.24. The van der Waals surface area contributed by atoms with Gasteiger partial charge in [0.2, 0.25) is 0 Å². The van der Waals surface area contributed by atoms with E-state index in [9.17, 15) is 13.6 Å². The Hall–Kier alpha value is -3.51. The van der Waals surface area contributed by atoms with Gasteiger partial charge in [-0.2, -0.15) is 10.4 Å². The van der Waals surface area contributed by atoms with Gasteiger partial charge in [-0.1, -0.05) is 17.7 Å². The number of hydrogen-bond donors (Lipinski definition) is 1. The molecule has 4 aromatic rings. The summed E-state index contributed by atoms with van der Waals surface area (Å²) in [6, 6.07) is 9.99. The number of rotatable bonds is 6. The molecule has 1 N–H and O–H groups in total. The molecular formula is C21H16ClF2N5O2. The van der Waals surface area contributed by atoms with Gasteiger partial charge in [0.15, 0.2) is 0 Å². The molecule has 0 unspecified atom stereocenters. The third-order valence-electron chi connectivity index (χ3n) is 4.75. The molecule has 0 aliphatic carbocycles. The number of H-pyrrole nitrogens is 1. The zero-order valence-electron chi connectivity index (χ0n) is 16.3. The molecule has 0 saturated heterocycles. The van der Waals surface area contributed by atoms with Gasteiger partial charge in [0, 0.05) is 18.0 Å². The number of aromatic amines is 1. The fourth-order valence-electron chi connectivity index (χ4n) is 3.34. The molecule has 2 aromatic heterocycles. The molecule has 0 atom stereocenters. The van der Waals surface area contributed by atoms with Gasteiger partial charge < -0.3 is 9.72 Å². The molecule has 0 saturated carbocycles. The normalized spacial score (nSPS) is 11.4. The van der Waals surface area contributed by atoms with Crippen LogP contribution in [0.25, 0.3) is 21.8 Å². The van der Waals surface area contributed by atoms with E-state index in [1.54, 1.807) is 24.3 Å². The van der Waals surface area contributed by atoms with Gasteiger partial charge in [0.05, 0.1) is 45.2 Å². The smallest absolute Gasteiger partial charge is 0.274 e. The van der Waals surface area contributed by atoms with E-state index in [2.05, 4.69) is 15.1 Å². The van der Waals surface area contributed by atoms with Gasteiger partial charge >= 0.3 is 0 Å². The predicted molar refractivity (Wildman–Crippen MR) is 112 cm³/mol. The minimum absolute atomic E-state index is 0.125. The number of benzene rings is 2. The third kappa shape index (κ3) is 4.07. The number of hydrogen-bond acceptors (Lipinski definition) is 5. The zero-order valence-corrected chi connectivity index (χ0v) is 17.1. The first-order chi connectivity index (χ1) is 14.9. The van der Waals surface area contributed by atoms with Crippen LogP contribution in [-0.4, -0.2) is 32.8 Å². The first kappa shape index (κ1) is 20.8. The van der Waals surface area contributed by atoms with E-state index >= 15 is 0 Å². The van der Waals surface area contributed by atoms with E-state index in [1.165, 1.54) is 10.7 Å². The van der Waals surface area contributed by atoms with Crippen molar-refractivity contribution < 1.29 is 13.5 Å². The van der Waals surface area contributed by atoms with E-state index in [-0.39, 0.29) is 22.8 Å². The maximum absolute atomic E-state index is 12.6. The Balaban J connectivity index is 1.76. The number of nitrogens with zero attached hydrogens (tertiary/aromatic N) is 4. The standard InChI is InChI=1S/C21H16ClF2N5O2/c1-2-29-21(30)13-5-11(9-25)3-4-12(13)15(28-29)8-20-26-16-6-14(22)18(7-17(16)27-20)31-10-19(23)24/h3-7,19H,2,8,10H2,1H3,(H,26,27). The number of nitrogens with one attached hydrogen (secondary N) is 1. The molecule has 0 radical (unpaired) electrons. The third-order valence-corrected chi connectivity index (χ3v) is 5.05. The number of aromatic nitrogens is 4. The van der Waals surface area contributed by atoms with Crippen LogP contribution in [0.3, 0.4) is 0 Å². The SMILES string of the molecule is CCn1nc(Cc2nc3cc(OCC(F)F)c(Cl)cc3[nH]2)c2ccc(C#N)cc2c1=O. The maximum atomic E-state index is 12.6. The summed E-state index contributed by atoms with van der Waals surface area (Å²) < 4.78 is 31.3. The number of ether oxygens (including phenoxy) is 1. The minimum atomic E-state index is -2.61. The summed E-state index contributed by atoms with van der Waals surface area (Å²) in [5.74, 6) is 0.677. The Morgan fingerprint density at radius 3 is 2.81 bits per heavy atom. The van der Waals surface area contributed by atoms with Crippen LogP contribution in [-0.2, 0) is 13.0 Å². The summed E-state index contributed by atoms with van der Waals surface area (Å²) in [5.41, 5.74) is 1.85. The number of halogens is 3. The van der Waals surface area contributed by atoms with Gasteiger partial charge in [-0.05, 0) is 25.1 Å². The van der Waals surface area contributed by atoms with Crippen molar-refractivity contribution in [3.63, 3.8) is 0 Å². The van der Waals surface area contributed by atoms with Gasteiger partial charge in [-0.3, -0.25) is 4.79 Å². The fourth-order valence-corrected chi connectivity index (χ4v) is 3.56. The summed E-state index contributed by atoms with van der Waals surface area (Å²) in [6.45, 7) is 1.42. The number of aryl methyl sites for hydroxylation is 1. The van der Waals surface area contributed by atoms with Crippen LogP contribution in [0.5, 0.6) is 5.75 Å². The molecule has 0 aliphatic heterocycles. The highest BCUT2D eigenvalue weighted by atomic mass is 35.5. The average molecular weight is 444 g/mol. The van der Waals surface area contributed by atoms with E-state index in [4.69, 9.17) is 21.6 Å².